The number of fused-ring (bicyclic) bond motifs is 3. The van der Waals surface area contributed by atoms with Crippen molar-refractivity contribution in [2.45, 2.75) is 65.1 Å². The summed E-state index contributed by atoms with van der Waals surface area (Å²) >= 11 is 1.67. The van der Waals surface area contributed by atoms with Crippen molar-refractivity contribution in [2.24, 2.45) is 0 Å². The Morgan fingerprint density at radius 3 is 2.65 bits per heavy atom. The van der Waals surface area contributed by atoms with Gasteiger partial charge < -0.3 is 15.2 Å². The lowest BCUT2D eigenvalue weighted by Crippen LogP contribution is -2.51. The molecule has 1 aliphatic carbocycles. The summed E-state index contributed by atoms with van der Waals surface area (Å²) in [5.74, 6) is 1.18. The first-order chi connectivity index (χ1) is 16.3. The van der Waals surface area contributed by atoms with E-state index in [0.717, 1.165) is 29.5 Å². The minimum atomic E-state index is -0.252. The molecular weight excluding hydrogens is 454 g/mol. The molecule has 3 aromatic rings. The number of carbonyl (C=O) groups is 1. The molecule has 2 N–H and O–H groups in total. The number of hydrogen-bond donors (Lipinski definition) is 2. The van der Waals surface area contributed by atoms with E-state index in [1.54, 1.807) is 21.0 Å². The summed E-state index contributed by atoms with van der Waals surface area (Å²) in [7, 11) is 0. The predicted molar refractivity (Wildman–Crippen MR) is 129 cm³/mol. The summed E-state index contributed by atoms with van der Waals surface area (Å²) in [5.41, 5.74) is 0.940. The number of aromatic nitrogens is 6. The van der Waals surface area contributed by atoms with Gasteiger partial charge in [0.25, 0.3) is 5.56 Å². The molecule has 1 aliphatic heterocycles. The van der Waals surface area contributed by atoms with Crippen LogP contribution in [-0.2, 0) is 31.5 Å². The van der Waals surface area contributed by atoms with Crippen molar-refractivity contribution >= 4 is 27.6 Å². The summed E-state index contributed by atoms with van der Waals surface area (Å²) in [6.45, 7) is 9.44. The second-order valence-electron chi connectivity index (χ2n) is 9.99. The molecule has 4 heterocycles. The van der Waals surface area contributed by atoms with Crippen LogP contribution in [0.15, 0.2) is 4.79 Å². The largest absolute Gasteiger partial charge is 0.331 e. The van der Waals surface area contributed by atoms with Gasteiger partial charge in [0.2, 0.25) is 0 Å². The number of amides is 2. The molecule has 0 unspecified atom stereocenters. The zero-order valence-electron chi connectivity index (χ0n) is 19.9. The van der Waals surface area contributed by atoms with Crippen molar-refractivity contribution in [3.05, 3.63) is 32.4 Å². The van der Waals surface area contributed by atoms with Gasteiger partial charge in [0.15, 0.2) is 5.82 Å². The Morgan fingerprint density at radius 1 is 1.15 bits per heavy atom. The number of piperazine rings is 1. The highest BCUT2D eigenvalue weighted by atomic mass is 32.1. The lowest BCUT2D eigenvalue weighted by Gasteiger charge is -2.34. The molecule has 2 aliphatic rings. The van der Waals surface area contributed by atoms with Gasteiger partial charge in [-0.3, -0.25) is 9.69 Å². The fourth-order valence-corrected chi connectivity index (χ4v) is 5.75. The smallest absolute Gasteiger partial charge is 0.317 e. The van der Waals surface area contributed by atoms with E-state index in [1.807, 2.05) is 20.8 Å². The summed E-state index contributed by atoms with van der Waals surface area (Å²) in [4.78, 5) is 40.9. The molecule has 0 radical (unpaired) electrons. The van der Waals surface area contributed by atoms with E-state index in [1.165, 1.54) is 16.9 Å². The van der Waals surface area contributed by atoms with Crippen LogP contribution in [0.3, 0.4) is 0 Å². The SMILES string of the molecule is CC(C)(C)n1nnc(CNC(=O)N2CCN(Cc3nc4sc5c(c4c(=O)[nH]3)CCCC5)CC2)n1. The van der Waals surface area contributed by atoms with Crippen molar-refractivity contribution < 1.29 is 4.79 Å². The van der Waals surface area contributed by atoms with Gasteiger partial charge in [-0.25, -0.2) is 9.78 Å². The van der Waals surface area contributed by atoms with Gasteiger partial charge in [-0.05, 0) is 57.2 Å². The third-order valence-corrected chi connectivity index (χ3v) is 7.55. The molecule has 12 heteroatoms. The van der Waals surface area contributed by atoms with Crippen LogP contribution in [0.2, 0.25) is 0 Å². The van der Waals surface area contributed by atoms with Gasteiger partial charge in [-0.15, -0.1) is 21.5 Å². The van der Waals surface area contributed by atoms with Gasteiger partial charge in [-0.1, -0.05) is 0 Å². The second kappa shape index (κ2) is 9.06. The van der Waals surface area contributed by atoms with Crippen LogP contribution in [0.5, 0.6) is 0 Å². The van der Waals surface area contributed by atoms with Gasteiger partial charge >= 0.3 is 6.03 Å². The van der Waals surface area contributed by atoms with Crippen molar-refractivity contribution in [1.29, 1.82) is 0 Å². The number of tetrazole rings is 1. The van der Waals surface area contributed by atoms with Crippen molar-refractivity contribution in [2.75, 3.05) is 26.2 Å². The molecule has 0 saturated carbocycles. The molecule has 11 nitrogen and oxygen atoms in total. The number of urea groups is 1. The summed E-state index contributed by atoms with van der Waals surface area (Å²) < 4.78 is 0. The molecule has 0 atom stereocenters. The number of hydrogen-bond acceptors (Lipinski definition) is 8. The Morgan fingerprint density at radius 2 is 1.91 bits per heavy atom. The third-order valence-electron chi connectivity index (χ3n) is 6.36. The quantitative estimate of drug-likeness (QED) is 0.575. The van der Waals surface area contributed by atoms with Crippen LogP contribution in [0.4, 0.5) is 4.79 Å². The summed E-state index contributed by atoms with van der Waals surface area (Å²) in [5, 5.41) is 16.1. The highest BCUT2D eigenvalue weighted by Crippen LogP contribution is 2.33. The van der Waals surface area contributed by atoms with Crippen LogP contribution < -0.4 is 10.9 Å². The zero-order chi connectivity index (χ0) is 23.9. The van der Waals surface area contributed by atoms with E-state index in [0.29, 0.717) is 44.4 Å². The molecular formula is C22H31N9O2S. The molecule has 0 spiro atoms. The van der Waals surface area contributed by atoms with Gasteiger partial charge in [0.05, 0.1) is 24.0 Å². The Balaban J connectivity index is 1.15. The number of carbonyl (C=O) groups excluding carboxylic acids is 1. The molecule has 182 valence electrons. The zero-order valence-corrected chi connectivity index (χ0v) is 20.7. The molecule has 34 heavy (non-hydrogen) atoms. The van der Waals surface area contributed by atoms with Crippen molar-refractivity contribution in [1.82, 2.24) is 45.3 Å². The predicted octanol–water partition coefficient (Wildman–Crippen LogP) is 1.63. The Bertz CT molecular complexity index is 1250. The number of nitrogens with one attached hydrogen (secondary N) is 2. The molecule has 3 aromatic heterocycles. The van der Waals surface area contributed by atoms with E-state index in [2.05, 4.69) is 30.6 Å². The number of thiophene rings is 1. The maximum atomic E-state index is 12.8. The minimum absolute atomic E-state index is 0.0191. The monoisotopic (exact) mass is 485 g/mol. The maximum absolute atomic E-state index is 12.8. The van der Waals surface area contributed by atoms with E-state index in [9.17, 15) is 9.59 Å². The number of aromatic amines is 1. The summed E-state index contributed by atoms with van der Waals surface area (Å²) in [6.07, 6.45) is 4.37. The molecule has 0 aromatic carbocycles. The molecule has 5 rings (SSSR count). The van der Waals surface area contributed by atoms with Crippen LogP contribution in [0.1, 0.15) is 55.7 Å². The average molecular weight is 486 g/mol. The molecule has 2 amide bonds. The first-order valence-corrected chi connectivity index (χ1v) is 12.7. The number of nitrogens with zero attached hydrogens (tertiary/aromatic N) is 7. The lowest BCUT2D eigenvalue weighted by molar-refractivity contribution is 0.133. The highest BCUT2D eigenvalue weighted by Gasteiger charge is 2.24. The lowest BCUT2D eigenvalue weighted by atomic mass is 9.97. The van der Waals surface area contributed by atoms with E-state index in [4.69, 9.17) is 4.98 Å². The van der Waals surface area contributed by atoms with E-state index in [-0.39, 0.29) is 23.7 Å². The Kier molecular flexibility index (Phi) is 6.11. The van der Waals surface area contributed by atoms with E-state index >= 15 is 0 Å². The van der Waals surface area contributed by atoms with Gasteiger partial charge in [-0.2, -0.15) is 4.80 Å². The average Bonchev–Trinajstić information content (AvgIpc) is 3.43. The molecule has 1 saturated heterocycles. The van der Waals surface area contributed by atoms with Gasteiger partial charge in [0.1, 0.15) is 10.7 Å². The first kappa shape index (κ1) is 22.9. The standard InChI is InChI=1S/C22H31N9O2S/c1-22(2,3)31-27-16(26-28-31)12-23-21(33)30-10-8-29(9-11-30)13-17-24-19(32)18-14-6-4-5-7-15(14)34-20(18)25-17/h4-13H2,1-3H3,(H,23,33)(H,24,25,32). The molecule has 1 fully saturated rings. The van der Waals surface area contributed by atoms with Crippen molar-refractivity contribution in [3.8, 4) is 0 Å². The van der Waals surface area contributed by atoms with E-state index < -0.39 is 0 Å². The first-order valence-electron chi connectivity index (χ1n) is 11.9. The number of aryl methyl sites for hydroxylation is 2. The highest BCUT2D eigenvalue weighted by molar-refractivity contribution is 7.18. The summed E-state index contributed by atoms with van der Waals surface area (Å²) in [6, 6.07) is -0.135. The fraction of sp³-hybridized carbons (Fsp3) is 0.636. The van der Waals surface area contributed by atoms with Crippen LogP contribution in [0, 0.1) is 0 Å². The number of H-pyrrole nitrogens is 1. The maximum Gasteiger partial charge on any atom is 0.317 e. The van der Waals surface area contributed by atoms with Crippen LogP contribution in [0.25, 0.3) is 10.2 Å². The number of rotatable bonds is 4. The normalized spacial score (nSPS) is 17.2. The van der Waals surface area contributed by atoms with Crippen LogP contribution >= 0.6 is 11.3 Å². The fourth-order valence-electron chi connectivity index (χ4n) is 4.47. The van der Waals surface area contributed by atoms with Crippen molar-refractivity contribution in [3.63, 3.8) is 0 Å². The Labute approximate surface area is 201 Å². The second-order valence-corrected chi connectivity index (χ2v) is 11.1. The topological polar surface area (TPSA) is 125 Å². The minimum Gasteiger partial charge on any atom is -0.331 e. The Hall–Kier alpha value is -2.86. The van der Waals surface area contributed by atoms with Gasteiger partial charge in [0, 0.05) is 31.1 Å². The molecule has 0 bridgehead atoms. The van der Waals surface area contributed by atoms with Crippen LogP contribution in [-0.4, -0.2) is 72.2 Å². The third kappa shape index (κ3) is 4.69.